The van der Waals surface area contributed by atoms with E-state index in [1.54, 1.807) is 13.2 Å². The van der Waals surface area contributed by atoms with Crippen LogP contribution in [0.3, 0.4) is 0 Å². The van der Waals surface area contributed by atoms with Crippen molar-refractivity contribution in [1.82, 2.24) is 0 Å². The fraction of sp³-hybridized carbons (Fsp3) is 0.250. The number of halogens is 2. The van der Waals surface area contributed by atoms with Crippen LogP contribution < -0.4 is 10.5 Å². The van der Waals surface area contributed by atoms with Gasteiger partial charge in [-0.25, -0.2) is 4.39 Å². The highest BCUT2D eigenvalue weighted by Gasteiger charge is 2.09. The molecule has 2 rings (SSSR count). The third-order valence-electron chi connectivity index (χ3n) is 3.15. The summed E-state index contributed by atoms with van der Waals surface area (Å²) in [5.41, 5.74) is 8.19. The molecule has 0 heterocycles. The zero-order chi connectivity index (χ0) is 14.5. The number of methoxy groups -OCH3 is 1. The van der Waals surface area contributed by atoms with Gasteiger partial charge < -0.3 is 10.5 Å². The first-order valence-corrected chi connectivity index (χ1v) is 7.20. The van der Waals surface area contributed by atoms with Crippen molar-refractivity contribution in [2.45, 2.75) is 18.9 Å². The Morgan fingerprint density at radius 2 is 1.85 bits per heavy atom. The summed E-state index contributed by atoms with van der Waals surface area (Å²) >= 11 is 3.42. The minimum absolute atomic E-state index is 0.0542. The second-order valence-corrected chi connectivity index (χ2v) is 5.61. The molecule has 20 heavy (non-hydrogen) atoms. The van der Waals surface area contributed by atoms with E-state index in [1.807, 2.05) is 24.3 Å². The predicted molar refractivity (Wildman–Crippen MR) is 82.5 cm³/mol. The third kappa shape index (κ3) is 4.05. The lowest BCUT2D eigenvalue weighted by Gasteiger charge is -2.13. The van der Waals surface area contributed by atoms with Crippen LogP contribution in [0.15, 0.2) is 46.9 Å². The molecule has 0 amide bonds. The molecule has 2 aromatic rings. The Bertz CT molecular complexity index is 571. The Labute approximate surface area is 126 Å². The van der Waals surface area contributed by atoms with Gasteiger partial charge in [-0.15, -0.1) is 0 Å². The molecule has 2 nitrogen and oxygen atoms in total. The highest BCUT2D eigenvalue weighted by molar-refractivity contribution is 9.10. The highest BCUT2D eigenvalue weighted by Crippen LogP contribution is 2.20. The van der Waals surface area contributed by atoms with Gasteiger partial charge in [-0.2, -0.15) is 0 Å². The summed E-state index contributed by atoms with van der Waals surface area (Å²) in [5, 5.41) is 0. The zero-order valence-electron chi connectivity index (χ0n) is 11.3. The van der Waals surface area contributed by atoms with Gasteiger partial charge in [0.2, 0.25) is 0 Å². The van der Waals surface area contributed by atoms with E-state index in [0.717, 1.165) is 27.8 Å². The van der Waals surface area contributed by atoms with E-state index in [1.165, 1.54) is 12.1 Å². The van der Waals surface area contributed by atoms with Gasteiger partial charge in [0.15, 0.2) is 0 Å². The van der Waals surface area contributed by atoms with Crippen molar-refractivity contribution in [2.24, 2.45) is 5.73 Å². The average Bonchev–Trinajstić information content (AvgIpc) is 2.43. The van der Waals surface area contributed by atoms with E-state index in [4.69, 9.17) is 10.5 Å². The van der Waals surface area contributed by atoms with E-state index in [2.05, 4.69) is 15.9 Å². The van der Waals surface area contributed by atoms with E-state index in [0.29, 0.717) is 6.42 Å². The van der Waals surface area contributed by atoms with Gasteiger partial charge in [-0.05, 0) is 54.3 Å². The molecular weight excluding hydrogens is 321 g/mol. The first kappa shape index (κ1) is 15.0. The molecule has 0 bridgehead atoms. The minimum atomic E-state index is -0.236. The van der Waals surface area contributed by atoms with Gasteiger partial charge in [0.05, 0.1) is 7.11 Å². The second-order valence-electron chi connectivity index (χ2n) is 4.75. The van der Waals surface area contributed by atoms with Gasteiger partial charge in [0, 0.05) is 10.5 Å². The topological polar surface area (TPSA) is 35.2 Å². The van der Waals surface area contributed by atoms with Crippen LogP contribution in [-0.4, -0.2) is 13.2 Å². The molecule has 0 aliphatic rings. The van der Waals surface area contributed by atoms with Crippen molar-refractivity contribution in [2.75, 3.05) is 7.11 Å². The van der Waals surface area contributed by atoms with Crippen LogP contribution in [0.25, 0.3) is 0 Å². The molecule has 2 N–H and O–H groups in total. The maximum absolute atomic E-state index is 13.2. The quantitative estimate of drug-likeness (QED) is 0.902. The summed E-state index contributed by atoms with van der Waals surface area (Å²) in [7, 11) is 1.64. The van der Waals surface area contributed by atoms with Crippen molar-refractivity contribution in [3.8, 4) is 5.75 Å². The SMILES string of the molecule is COc1ccc(CC(N)Cc2cc(F)ccc2Br)cc1. The smallest absolute Gasteiger partial charge is 0.123 e. The number of rotatable bonds is 5. The molecule has 2 aromatic carbocycles. The van der Waals surface area contributed by atoms with Crippen LogP contribution in [0.4, 0.5) is 4.39 Å². The standard InChI is InChI=1S/C16H17BrFNO/c1-20-15-5-2-11(3-6-15)8-14(19)10-12-9-13(18)4-7-16(12)17/h2-7,9,14H,8,10,19H2,1H3. The third-order valence-corrected chi connectivity index (χ3v) is 3.92. The molecule has 0 spiro atoms. The summed E-state index contributed by atoms with van der Waals surface area (Å²) in [4.78, 5) is 0. The summed E-state index contributed by atoms with van der Waals surface area (Å²) in [6, 6.07) is 12.5. The van der Waals surface area contributed by atoms with Gasteiger partial charge in [0.25, 0.3) is 0 Å². The maximum Gasteiger partial charge on any atom is 0.123 e. The molecule has 0 aliphatic carbocycles. The lowest BCUT2D eigenvalue weighted by Crippen LogP contribution is -2.25. The second kappa shape index (κ2) is 6.86. The summed E-state index contributed by atoms with van der Waals surface area (Å²) < 4.78 is 19.2. The number of ether oxygens (including phenoxy) is 1. The lowest BCUT2D eigenvalue weighted by molar-refractivity contribution is 0.414. The number of nitrogens with two attached hydrogens (primary N) is 1. The van der Waals surface area contributed by atoms with Crippen LogP contribution in [0.2, 0.25) is 0 Å². The monoisotopic (exact) mass is 337 g/mol. The van der Waals surface area contributed by atoms with E-state index in [-0.39, 0.29) is 11.9 Å². The zero-order valence-corrected chi connectivity index (χ0v) is 12.9. The molecular formula is C16H17BrFNO. The maximum atomic E-state index is 13.2. The van der Waals surface area contributed by atoms with E-state index in [9.17, 15) is 4.39 Å². The van der Waals surface area contributed by atoms with Gasteiger partial charge in [0.1, 0.15) is 11.6 Å². The van der Waals surface area contributed by atoms with Crippen LogP contribution in [-0.2, 0) is 12.8 Å². The van der Waals surface area contributed by atoms with Crippen LogP contribution in [0.5, 0.6) is 5.75 Å². The molecule has 0 aromatic heterocycles. The molecule has 106 valence electrons. The molecule has 0 saturated heterocycles. The van der Waals surface area contributed by atoms with Crippen molar-refractivity contribution in [3.63, 3.8) is 0 Å². The van der Waals surface area contributed by atoms with Crippen LogP contribution >= 0.6 is 15.9 Å². The predicted octanol–water partition coefficient (Wildman–Crippen LogP) is 3.71. The average molecular weight is 338 g/mol. The van der Waals surface area contributed by atoms with Gasteiger partial charge in [-0.3, -0.25) is 0 Å². The van der Waals surface area contributed by atoms with E-state index < -0.39 is 0 Å². The van der Waals surface area contributed by atoms with Crippen molar-refractivity contribution in [3.05, 3.63) is 63.9 Å². The molecule has 1 atom stereocenters. The molecule has 1 unspecified atom stereocenters. The van der Waals surface area contributed by atoms with Crippen LogP contribution in [0, 0.1) is 5.82 Å². The van der Waals surface area contributed by atoms with Gasteiger partial charge in [-0.1, -0.05) is 28.1 Å². The van der Waals surface area contributed by atoms with Crippen molar-refractivity contribution in [1.29, 1.82) is 0 Å². The minimum Gasteiger partial charge on any atom is -0.497 e. The molecule has 0 saturated carbocycles. The first-order valence-electron chi connectivity index (χ1n) is 6.41. The number of hydrogen-bond donors (Lipinski definition) is 1. The normalized spacial score (nSPS) is 12.2. The molecule has 4 heteroatoms. The molecule has 0 fully saturated rings. The van der Waals surface area contributed by atoms with Gasteiger partial charge >= 0.3 is 0 Å². The van der Waals surface area contributed by atoms with Crippen molar-refractivity contribution >= 4 is 15.9 Å². The Hall–Kier alpha value is -1.39. The van der Waals surface area contributed by atoms with E-state index >= 15 is 0 Å². The summed E-state index contributed by atoms with van der Waals surface area (Å²) in [5.74, 6) is 0.593. The number of hydrogen-bond acceptors (Lipinski definition) is 2. The molecule has 0 radical (unpaired) electrons. The molecule has 0 aliphatic heterocycles. The Kier molecular flexibility index (Phi) is 5.15. The fourth-order valence-electron chi connectivity index (χ4n) is 2.12. The Balaban J connectivity index is 2.00. The number of benzene rings is 2. The lowest BCUT2D eigenvalue weighted by atomic mass is 9.99. The largest absolute Gasteiger partial charge is 0.497 e. The Morgan fingerprint density at radius 3 is 2.50 bits per heavy atom. The summed E-state index contributed by atoms with van der Waals surface area (Å²) in [6.45, 7) is 0. The fourth-order valence-corrected chi connectivity index (χ4v) is 2.53. The Morgan fingerprint density at radius 1 is 1.15 bits per heavy atom. The van der Waals surface area contributed by atoms with Crippen molar-refractivity contribution < 1.29 is 9.13 Å². The first-order chi connectivity index (χ1) is 9.58. The highest BCUT2D eigenvalue weighted by atomic mass is 79.9. The summed E-state index contributed by atoms with van der Waals surface area (Å²) in [6.07, 6.45) is 1.37. The van der Waals surface area contributed by atoms with Crippen LogP contribution in [0.1, 0.15) is 11.1 Å².